The van der Waals surface area contributed by atoms with E-state index in [9.17, 15) is 9.59 Å². The maximum Gasteiger partial charge on any atom is 0.242 e. The van der Waals surface area contributed by atoms with Crippen LogP contribution in [0.3, 0.4) is 0 Å². The zero-order chi connectivity index (χ0) is 22.9. The Labute approximate surface area is 189 Å². The molecule has 2 heterocycles. The van der Waals surface area contributed by atoms with Crippen LogP contribution in [0.15, 0.2) is 41.0 Å². The average molecular weight is 445 g/mol. The summed E-state index contributed by atoms with van der Waals surface area (Å²) < 4.78 is 21.7. The second kappa shape index (κ2) is 11.6. The van der Waals surface area contributed by atoms with Crippen molar-refractivity contribution in [2.24, 2.45) is 5.92 Å². The molecule has 0 aliphatic carbocycles. The minimum atomic E-state index is -0.192. The van der Waals surface area contributed by atoms with Gasteiger partial charge >= 0.3 is 0 Å². The molecule has 0 N–H and O–H groups in total. The Morgan fingerprint density at radius 1 is 1.09 bits per heavy atom. The van der Waals surface area contributed by atoms with E-state index >= 15 is 0 Å². The number of amides is 2. The molecule has 0 unspecified atom stereocenters. The summed E-state index contributed by atoms with van der Waals surface area (Å²) in [6.07, 6.45) is 2.26. The van der Waals surface area contributed by atoms with Crippen LogP contribution in [0.5, 0.6) is 11.5 Å². The Morgan fingerprint density at radius 3 is 2.62 bits per heavy atom. The van der Waals surface area contributed by atoms with Crippen molar-refractivity contribution in [1.82, 2.24) is 9.80 Å². The molecular weight excluding hydrogens is 412 g/mol. The second-order valence-electron chi connectivity index (χ2n) is 7.98. The summed E-state index contributed by atoms with van der Waals surface area (Å²) in [5.74, 6) is 1.65. The standard InChI is InChI=1S/C24H32N2O6/c1-4-29-11-6-10-25(24(28)18(2)3)16-23(27)26(15-20-7-5-12-30-20)14-19-8-9-21-22(13-19)32-17-31-21/h5,7-9,12-13,18H,4,6,10-11,14-17H2,1-3H3. The molecule has 0 bridgehead atoms. The Kier molecular flexibility index (Phi) is 8.56. The summed E-state index contributed by atoms with van der Waals surface area (Å²) in [5, 5.41) is 0. The van der Waals surface area contributed by atoms with Crippen LogP contribution >= 0.6 is 0 Å². The number of ether oxygens (including phenoxy) is 3. The lowest BCUT2D eigenvalue weighted by Gasteiger charge is -2.28. The Bertz CT molecular complexity index is 881. The summed E-state index contributed by atoms with van der Waals surface area (Å²) in [5.41, 5.74) is 0.909. The van der Waals surface area contributed by atoms with Crippen LogP contribution in [0.25, 0.3) is 0 Å². The van der Waals surface area contributed by atoms with Gasteiger partial charge in [0.1, 0.15) is 5.76 Å². The summed E-state index contributed by atoms with van der Waals surface area (Å²) in [7, 11) is 0. The number of nitrogens with zero attached hydrogens (tertiary/aromatic N) is 2. The zero-order valence-electron chi connectivity index (χ0n) is 19.0. The molecule has 1 aromatic heterocycles. The fraction of sp³-hybridized carbons (Fsp3) is 0.500. The van der Waals surface area contributed by atoms with E-state index in [0.717, 1.165) is 5.56 Å². The number of carbonyl (C=O) groups excluding carboxylic acids is 2. The van der Waals surface area contributed by atoms with Gasteiger partial charge in [0.05, 0.1) is 19.4 Å². The minimum Gasteiger partial charge on any atom is -0.467 e. The van der Waals surface area contributed by atoms with E-state index in [1.54, 1.807) is 22.1 Å². The summed E-state index contributed by atoms with van der Waals surface area (Å²) in [6.45, 7) is 8.15. The number of benzene rings is 1. The summed E-state index contributed by atoms with van der Waals surface area (Å²) >= 11 is 0. The molecule has 0 radical (unpaired) electrons. The minimum absolute atomic E-state index is 0.00833. The van der Waals surface area contributed by atoms with E-state index < -0.39 is 0 Å². The van der Waals surface area contributed by atoms with Gasteiger partial charge in [-0.25, -0.2) is 0 Å². The van der Waals surface area contributed by atoms with Crippen molar-refractivity contribution >= 4 is 11.8 Å². The molecule has 0 saturated heterocycles. The molecule has 1 aromatic carbocycles. The molecule has 174 valence electrons. The third kappa shape index (κ3) is 6.50. The lowest BCUT2D eigenvalue weighted by Crippen LogP contribution is -2.44. The van der Waals surface area contributed by atoms with Crippen LogP contribution in [0.4, 0.5) is 0 Å². The average Bonchev–Trinajstić information content (AvgIpc) is 3.46. The van der Waals surface area contributed by atoms with E-state index in [1.165, 1.54) is 0 Å². The lowest BCUT2D eigenvalue weighted by molar-refractivity contribution is -0.143. The van der Waals surface area contributed by atoms with Gasteiger partial charge in [0.25, 0.3) is 0 Å². The molecule has 2 aromatic rings. The van der Waals surface area contributed by atoms with Gasteiger partial charge in [0.15, 0.2) is 11.5 Å². The summed E-state index contributed by atoms with van der Waals surface area (Å²) in [6, 6.07) is 9.26. The number of hydrogen-bond acceptors (Lipinski definition) is 6. The monoisotopic (exact) mass is 444 g/mol. The first-order valence-electron chi connectivity index (χ1n) is 11.0. The van der Waals surface area contributed by atoms with E-state index in [-0.39, 0.29) is 31.1 Å². The topological polar surface area (TPSA) is 81.5 Å². The largest absolute Gasteiger partial charge is 0.467 e. The van der Waals surface area contributed by atoms with Gasteiger partial charge in [0.2, 0.25) is 18.6 Å². The highest BCUT2D eigenvalue weighted by Gasteiger charge is 2.24. The Balaban J connectivity index is 1.72. The normalized spacial score (nSPS) is 12.2. The first-order chi connectivity index (χ1) is 15.5. The molecule has 0 fully saturated rings. The number of carbonyl (C=O) groups is 2. The third-order valence-electron chi connectivity index (χ3n) is 5.14. The highest BCUT2D eigenvalue weighted by molar-refractivity contribution is 5.85. The molecule has 0 saturated carbocycles. The molecule has 32 heavy (non-hydrogen) atoms. The van der Waals surface area contributed by atoms with Crippen molar-refractivity contribution < 1.29 is 28.2 Å². The molecule has 8 nitrogen and oxygen atoms in total. The molecule has 2 amide bonds. The maximum absolute atomic E-state index is 13.3. The predicted molar refractivity (Wildman–Crippen MR) is 118 cm³/mol. The van der Waals surface area contributed by atoms with Gasteiger partial charge in [-0.15, -0.1) is 0 Å². The van der Waals surface area contributed by atoms with E-state index in [0.29, 0.717) is 56.5 Å². The molecule has 1 aliphatic heterocycles. The molecular formula is C24H32N2O6. The SMILES string of the molecule is CCOCCCN(CC(=O)N(Cc1ccc2c(c1)OCO2)Cc1ccco1)C(=O)C(C)C. The highest BCUT2D eigenvalue weighted by Crippen LogP contribution is 2.33. The highest BCUT2D eigenvalue weighted by atomic mass is 16.7. The molecule has 1 aliphatic rings. The number of fused-ring (bicyclic) bond motifs is 1. The van der Waals surface area contributed by atoms with Crippen molar-refractivity contribution in [1.29, 1.82) is 0 Å². The number of hydrogen-bond donors (Lipinski definition) is 0. The van der Waals surface area contributed by atoms with Crippen LogP contribution in [-0.4, -0.2) is 54.7 Å². The van der Waals surface area contributed by atoms with Gasteiger partial charge in [-0.2, -0.15) is 0 Å². The van der Waals surface area contributed by atoms with Gasteiger partial charge in [-0.1, -0.05) is 19.9 Å². The van der Waals surface area contributed by atoms with Gasteiger partial charge in [0, 0.05) is 32.2 Å². The van der Waals surface area contributed by atoms with Gasteiger partial charge in [-0.05, 0) is 43.2 Å². The lowest BCUT2D eigenvalue weighted by atomic mass is 10.1. The van der Waals surface area contributed by atoms with Crippen LogP contribution in [0.2, 0.25) is 0 Å². The number of rotatable bonds is 12. The zero-order valence-corrected chi connectivity index (χ0v) is 19.0. The number of furan rings is 1. The smallest absolute Gasteiger partial charge is 0.242 e. The van der Waals surface area contributed by atoms with E-state index in [2.05, 4.69) is 0 Å². The fourth-order valence-electron chi connectivity index (χ4n) is 3.48. The quantitative estimate of drug-likeness (QED) is 0.467. The van der Waals surface area contributed by atoms with Crippen LogP contribution in [-0.2, 0) is 27.4 Å². The fourth-order valence-corrected chi connectivity index (χ4v) is 3.48. The molecule has 8 heteroatoms. The molecule has 0 spiro atoms. The van der Waals surface area contributed by atoms with Crippen molar-refractivity contribution in [2.75, 3.05) is 33.1 Å². The maximum atomic E-state index is 13.3. The van der Waals surface area contributed by atoms with Crippen molar-refractivity contribution in [3.63, 3.8) is 0 Å². The Morgan fingerprint density at radius 2 is 1.91 bits per heavy atom. The third-order valence-corrected chi connectivity index (χ3v) is 5.14. The van der Waals surface area contributed by atoms with Crippen LogP contribution in [0.1, 0.15) is 38.5 Å². The molecule has 3 rings (SSSR count). The second-order valence-corrected chi connectivity index (χ2v) is 7.98. The first-order valence-corrected chi connectivity index (χ1v) is 11.0. The van der Waals surface area contributed by atoms with Gasteiger partial charge in [-0.3, -0.25) is 9.59 Å². The molecule has 0 atom stereocenters. The summed E-state index contributed by atoms with van der Waals surface area (Å²) in [4.78, 5) is 29.4. The van der Waals surface area contributed by atoms with Gasteiger partial charge < -0.3 is 28.4 Å². The van der Waals surface area contributed by atoms with E-state index in [4.69, 9.17) is 18.6 Å². The van der Waals surface area contributed by atoms with Crippen LogP contribution in [0, 0.1) is 5.92 Å². The van der Waals surface area contributed by atoms with Crippen LogP contribution < -0.4 is 9.47 Å². The first kappa shape index (κ1) is 23.7. The van der Waals surface area contributed by atoms with Crippen molar-refractivity contribution in [3.8, 4) is 11.5 Å². The Hall–Kier alpha value is -3.00. The predicted octanol–water partition coefficient (Wildman–Crippen LogP) is 3.45. The van der Waals surface area contributed by atoms with Crippen molar-refractivity contribution in [3.05, 3.63) is 47.9 Å². The van der Waals surface area contributed by atoms with Crippen molar-refractivity contribution in [2.45, 2.75) is 40.3 Å². The van der Waals surface area contributed by atoms with E-state index in [1.807, 2.05) is 45.0 Å².